The number of phenols is 1. The molecule has 2 rings (SSSR count). The molecule has 18 heavy (non-hydrogen) atoms. The molecule has 0 spiro atoms. The van der Waals surface area contributed by atoms with Crippen LogP contribution in [0, 0.1) is 0 Å². The van der Waals surface area contributed by atoms with Crippen LogP contribution in [0.5, 0.6) is 5.75 Å². The van der Waals surface area contributed by atoms with Gasteiger partial charge < -0.3 is 14.8 Å². The van der Waals surface area contributed by atoms with Gasteiger partial charge in [-0.15, -0.1) is 0 Å². The molecule has 0 atom stereocenters. The molecule has 0 aliphatic heterocycles. The van der Waals surface area contributed by atoms with E-state index in [9.17, 15) is 14.7 Å². The number of carboxylic acids is 1. The summed E-state index contributed by atoms with van der Waals surface area (Å²) >= 11 is 0. The van der Waals surface area contributed by atoms with Gasteiger partial charge in [-0.3, -0.25) is 4.79 Å². The second-order valence-electron chi connectivity index (χ2n) is 3.87. The number of benzene rings is 1. The lowest BCUT2D eigenvalue weighted by Crippen LogP contribution is -2.16. The van der Waals surface area contributed by atoms with Crippen molar-refractivity contribution in [3.63, 3.8) is 0 Å². The number of carbonyl (C=O) groups is 1. The monoisotopic (exact) mass is 245 g/mol. The third-order valence-electron chi connectivity index (χ3n) is 2.48. The number of aromatic carboxylic acids is 1. The van der Waals surface area contributed by atoms with Gasteiger partial charge in [0.1, 0.15) is 11.3 Å². The summed E-state index contributed by atoms with van der Waals surface area (Å²) in [6, 6.07) is 7.85. The van der Waals surface area contributed by atoms with Gasteiger partial charge in [-0.2, -0.15) is 0 Å². The average Bonchev–Trinajstić information content (AvgIpc) is 2.31. The van der Waals surface area contributed by atoms with Crippen LogP contribution in [0.25, 0.3) is 0 Å². The summed E-state index contributed by atoms with van der Waals surface area (Å²) in [6.45, 7) is 0.384. The van der Waals surface area contributed by atoms with Crippen LogP contribution in [0.1, 0.15) is 15.9 Å². The van der Waals surface area contributed by atoms with Crippen LogP contribution in [0.2, 0.25) is 0 Å². The first kappa shape index (κ1) is 11.9. The Morgan fingerprint density at radius 2 is 2.06 bits per heavy atom. The van der Waals surface area contributed by atoms with Crippen molar-refractivity contribution in [2.75, 3.05) is 0 Å². The molecular weight excluding hydrogens is 234 g/mol. The van der Waals surface area contributed by atoms with Crippen LogP contribution in [-0.2, 0) is 6.54 Å². The molecule has 0 aliphatic carbocycles. The van der Waals surface area contributed by atoms with E-state index in [0.717, 1.165) is 5.56 Å². The molecule has 0 fully saturated rings. The highest BCUT2D eigenvalue weighted by Crippen LogP contribution is 2.12. The van der Waals surface area contributed by atoms with Crippen LogP contribution in [0.3, 0.4) is 0 Å². The first-order chi connectivity index (χ1) is 8.56. The Balaban J connectivity index is 2.33. The summed E-state index contributed by atoms with van der Waals surface area (Å²) in [7, 11) is 0. The van der Waals surface area contributed by atoms with Gasteiger partial charge >= 0.3 is 5.97 Å². The van der Waals surface area contributed by atoms with Gasteiger partial charge in [-0.1, -0.05) is 12.1 Å². The standard InChI is InChI=1S/C13H11NO4/c15-10-3-1-2-9(6-10)7-14-5-4-12(16)11(8-14)13(17)18/h1-6,8,15H,7H2,(H,17,18). The lowest BCUT2D eigenvalue weighted by molar-refractivity contribution is 0.0694. The molecule has 0 radical (unpaired) electrons. The summed E-state index contributed by atoms with van der Waals surface area (Å²) in [6.07, 6.45) is 2.80. The number of hydrogen-bond donors (Lipinski definition) is 2. The molecule has 1 heterocycles. The first-order valence-corrected chi connectivity index (χ1v) is 5.27. The van der Waals surface area contributed by atoms with Crippen molar-refractivity contribution in [2.45, 2.75) is 6.54 Å². The van der Waals surface area contributed by atoms with Crippen molar-refractivity contribution < 1.29 is 15.0 Å². The fourth-order valence-electron chi connectivity index (χ4n) is 1.65. The fraction of sp³-hybridized carbons (Fsp3) is 0.0769. The molecule has 5 nitrogen and oxygen atoms in total. The number of rotatable bonds is 3. The molecule has 1 aromatic carbocycles. The van der Waals surface area contributed by atoms with Crippen molar-refractivity contribution in [3.05, 3.63) is 64.1 Å². The van der Waals surface area contributed by atoms with E-state index in [0.29, 0.717) is 6.54 Å². The average molecular weight is 245 g/mol. The van der Waals surface area contributed by atoms with Gasteiger partial charge in [0, 0.05) is 25.0 Å². The lowest BCUT2D eigenvalue weighted by Gasteiger charge is -2.07. The minimum absolute atomic E-state index is 0.145. The number of phenolic OH excluding ortho intramolecular Hbond substituents is 1. The molecule has 0 unspecified atom stereocenters. The van der Waals surface area contributed by atoms with E-state index in [1.165, 1.54) is 18.5 Å². The van der Waals surface area contributed by atoms with Crippen LogP contribution >= 0.6 is 0 Å². The third kappa shape index (κ3) is 2.57. The largest absolute Gasteiger partial charge is 0.508 e. The van der Waals surface area contributed by atoms with E-state index in [-0.39, 0.29) is 11.3 Å². The van der Waals surface area contributed by atoms with Crippen molar-refractivity contribution in [1.82, 2.24) is 4.57 Å². The third-order valence-corrected chi connectivity index (χ3v) is 2.48. The van der Waals surface area contributed by atoms with Gasteiger partial charge in [0.05, 0.1) is 0 Å². The topological polar surface area (TPSA) is 79.5 Å². The number of pyridine rings is 1. The Kier molecular flexibility index (Phi) is 3.14. The first-order valence-electron chi connectivity index (χ1n) is 5.27. The molecule has 2 N–H and O–H groups in total. The van der Waals surface area contributed by atoms with Crippen LogP contribution < -0.4 is 5.43 Å². The molecule has 0 saturated carbocycles. The Labute approximate surface area is 103 Å². The molecule has 5 heteroatoms. The summed E-state index contributed by atoms with van der Waals surface area (Å²) in [5, 5.41) is 18.2. The van der Waals surface area contributed by atoms with Crippen LogP contribution in [0.4, 0.5) is 0 Å². The van der Waals surface area contributed by atoms with Crippen molar-refractivity contribution in [3.8, 4) is 5.75 Å². The molecule has 92 valence electrons. The number of aromatic nitrogens is 1. The zero-order chi connectivity index (χ0) is 13.1. The molecular formula is C13H11NO4. The summed E-state index contributed by atoms with van der Waals surface area (Å²) in [5.74, 6) is -1.10. The van der Waals surface area contributed by atoms with E-state index in [2.05, 4.69) is 0 Å². The van der Waals surface area contributed by atoms with Crippen molar-refractivity contribution >= 4 is 5.97 Å². The second kappa shape index (κ2) is 4.75. The maximum atomic E-state index is 11.3. The van der Waals surface area contributed by atoms with E-state index in [4.69, 9.17) is 5.11 Å². The predicted molar refractivity (Wildman–Crippen MR) is 64.9 cm³/mol. The van der Waals surface area contributed by atoms with Crippen molar-refractivity contribution in [2.24, 2.45) is 0 Å². The second-order valence-corrected chi connectivity index (χ2v) is 3.87. The highest BCUT2D eigenvalue weighted by atomic mass is 16.4. The Morgan fingerprint density at radius 1 is 1.28 bits per heavy atom. The highest BCUT2D eigenvalue weighted by molar-refractivity contribution is 5.86. The minimum Gasteiger partial charge on any atom is -0.508 e. The fourth-order valence-corrected chi connectivity index (χ4v) is 1.65. The summed E-state index contributed by atoms with van der Waals surface area (Å²) < 4.78 is 1.58. The van der Waals surface area contributed by atoms with E-state index >= 15 is 0 Å². The predicted octanol–water partition coefficient (Wildman–Crippen LogP) is 1.30. The SMILES string of the molecule is O=C(O)c1cn(Cc2cccc(O)c2)ccc1=O. The number of nitrogens with zero attached hydrogens (tertiary/aromatic N) is 1. The van der Waals surface area contributed by atoms with Gasteiger partial charge in [-0.25, -0.2) is 4.79 Å². The van der Waals surface area contributed by atoms with Gasteiger partial charge in [0.25, 0.3) is 0 Å². The van der Waals surface area contributed by atoms with Crippen molar-refractivity contribution in [1.29, 1.82) is 0 Å². The summed E-state index contributed by atoms with van der Waals surface area (Å²) in [4.78, 5) is 22.1. The highest BCUT2D eigenvalue weighted by Gasteiger charge is 2.08. The zero-order valence-corrected chi connectivity index (χ0v) is 9.41. The van der Waals surface area contributed by atoms with E-state index < -0.39 is 11.4 Å². The Hall–Kier alpha value is -2.56. The van der Waals surface area contributed by atoms with Crippen LogP contribution in [-0.4, -0.2) is 20.7 Å². The molecule has 0 saturated heterocycles. The normalized spacial score (nSPS) is 10.2. The van der Waals surface area contributed by atoms with E-state index in [1.807, 2.05) is 0 Å². The molecule has 0 bridgehead atoms. The minimum atomic E-state index is -1.25. The molecule has 0 amide bonds. The smallest absolute Gasteiger partial charge is 0.341 e. The number of carboxylic acid groups (broad SMARTS) is 1. The Bertz CT molecular complexity index is 645. The van der Waals surface area contributed by atoms with Gasteiger partial charge in [0.2, 0.25) is 0 Å². The maximum absolute atomic E-state index is 11.3. The molecule has 1 aromatic heterocycles. The zero-order valence-electron chi connectivity index (χ0n) is 9.41. The summed E-state index contributed by atoms with van der Waals surface area (Å²) in [5.41, 5.74) is 0.0299. The Morgan fingerprint density at radius 3 is 2.72 bits per heavy atom. The lowest BCUT2D eigenvalue weighted by atomic mass is 10.2. The quantitative estimate of drug-likeness (QED) is 0.854. The van der Waals surface area contributed by atoms with Gasteiger partial charge in [0.15, 0.2) is 5.43 Å². The molecule has 0 aliphatic rings. The molecule has 2 aromatic rings. The van der Waals surface area contributed by atoms with Crippen LogP contribution in [0.15, 0.2) is 47.5 Å². The number of hydrogen-bond acceptors (Lipinski definition) is 3. The van der Waals surface area contributed by atoms with E-state index in [1.54, 1.807) is 28.8 Å². The number of aromatic hydroxyl groups is 1. The maximum Gasteiger partial charge on any atom is 0.341 e. The van der Waals surface area contributed by atoms with Gasteiger partial charge in [-0.05, 0) is 17.7 Å².